The van der Waals surface area contributed by atoms with Crippen LogP contribution in [-0.4, -0.2) is 81.0 Å². The third-order valence-corrected chi connectivity index (χ3v) is 4.45. The molecule has 0 saturated heterocycles. The lowest BCUT2D eigenvalue weighted by atomic mass is 9.93. The molecule has 0 bridgehead atoms. The van der Waals surface area contributed by atoms with Crippen LogP contribution < -0.4 is 5.32 Å². The summed E-state index contributed by atoms with van der Waals surface area (Å²) < 4.78 is 10.8. The summed E-state index contributed by atoms with van der Waals surface area (Å²) in [5, 5.41) is 43.2. The highest BCUT2D eigenvalue weighted by Gasteiger charge is 2.44. The van der Waals surface area contributed by atoms with E-state index in [1.54, 1.807) is 11.6 Å². The van der Waals surface area contributed by atoms with Gasteiger partial charge in [0.25, 0.3) is 0 Å². The number of amides is 1. The molecule has 0 aliphatic carbocycles. The molecule has 0 saturated carbocycles. The van der Waals surface area contributed by atoms with Crippen LogP contribution in [0.3, 0.4) is 0 Å². The smallest absolute Gasteiger partial charge is 0.370 e. The molecule has 5 N–H and O–H groups in total. The molecule has 1 aromatic rings. The Morgan fingerprint density at radius 2 is 2.21 bits per heavy atom. The van der Waals surface area contributed by atoms with Gasteiger partial charge >= 0.3 is 5.97 Å². The molecule has 5 atom stereocenters. The number of carboxylic acid groups (broad SMARTS) is 1. The number of aliphatic hydroxyl groups is 3. The van der Waals surface area contributed by atoms with E-state index in [0.29, 0.717) is 5.01 Å². The molecule has 10 nitrogen and oxygen atoms in total. The van der Waals surface area contributed by atoms with E-state index in [1.807, 2.05) is 0 Å². The first-order valence-corrected chi connectivity index (χ1v) is 9.07. The van der Waals surface area contributed by atoms with Crippen molar-refractivity contribution in [1.29, 1.82) is 0 Å². The molecule has 0 spiro atoms. The number of hydrogen-bond acceptors (Lipinski definition) is 9. The van der Waals surface area contributed by atoms with Crippen molar-refractivity contribution >= 4 is 23.2 Å². The van der Waals surface area contributed by atoms with E-state index >= 15 is 0 Å². The van der Waals surface area contributed by atoms with E-state index in [9.17, 15) is 24.9 Å². The van der Waals surface area contributed by atoms with Gasteiger partial charge in [-0.1, -0.05) is 5.92 Å². The summed E-state index contributed by atoms with van der Waals surface area (Å²) in [6, 6.07) is -1.03. The van der Waals surface area contributed by atoms with Crippen molar-refractivity contribution in [2.45, 2.75) is 37.4 Å². The van der Waals surface area contributed by atoms with E-state index in [-0.39, 0.29) is 6.61 Å². The number of ether oxygens (including phenoxy) is 2. The zero-order chi connectivity index (χ0) is 20.7. The minimum absolute atomic E-state index is 0.116. The van der Waals surface area contributed by atoms with Gasteiger partial charge in [-0.25, -0.2) is 9.78 Å². The number of carboxylic acids is 1. The molecule has 1 aliphatic heterocycles. The Hall–Kier alpha value is -2.49. The van der Waals surface area contributed by atoms with Crippen LogP contribution >= 0.6 is 11.3 Å². The monoisotopic (exact) mass is 412 g/mol. The highest BCUT2D eigenvalue weighted by molar-refractivity contribution is 7.10. The lowest BCUT2D eigenvalue weighted by Crippen LogP contribution is -2.60. The summed E-state index contributed by atoms with van der Waals surface area (Å²) in [7, 11) is 0. The number of thiazole rings is 1. The molecular weight excluding hydrogens is 392 g/mol. The number of hydrogen-bond donors (Lipinski definition) is 5. The van der Waals surface area contributed by atoms with E-state index in [2.05, 4.69) is 22.1 Å². The van der Waals surface area contributed by atoms with Crippen LogP contribution in [0.2, 0.25) is 0 Å². The van der Waals surface area contributed by atoms with Gasteiger partial charge in [0, 0.05) is 18.5 Å². The van der Waals surface area contributed by atoms with Crippen molar-refractivity contribution in [2.75, 3.05) is 13.2 Å². The van der Waals surface area contributed by atoms with Crippen LogP contribution in [0.4, 0.5) is 0 Å². The van der Waals surface area contributed by atoms with E-state index in [0.717, 1.165) is 6.08 Å². The molecule has 28 heavy (non-hydrogen) atoms. The van der Waals surface area contributed by atoms with Crippen molar-refractivity contribution in [3.8, 4) is 11.8 Å². The number of aliphatic carboxylic acids is 1. The molecule has 1 aliphatic rings. The summed E-state index contributed by atoms with van der Waals surface area (Å²) in [4.78, 5) is 26.9. The van der Waals surface area contributed by atoms with Gasteiger partial charge in [-0.15, -0.1) is 11.3 Å². The fraction of sp³-hybridized carbons (Fsp3) is 0.471. The summed E-state index contributed by atoms with van der Waals surface area (Å²) in [6.45, 7) is 0.321. The van der Waals surface area contributed by atoms with Crippen molar-refractivity contribution in [3.05, 3.63) is 28.4 Å². The van der Waals surface area contributed by atoms with Gasteiger partial charge < -0.3 is 35.2 Å². The predicted octanol–water partition coefficient (Wildman–Crippen LogP) is -1.53. The highest BCUT2D eigenvalue weighted by Crippen LogP contribution is 2.24. The lowest BCUT2D eigenvalue weighted by molar-refractivity contribution is -0.151. The zero-order valence-corrected chi connectivity index (χ0v) is 15.6. The predicted molar refractivity (Wildman–Crippen MR) is 96.0 cm³/mol. The number of nitrogens with one attached hydrogen (secondary N) is 1. The van der Waals surface area contributed by atoms with Crippen LogP contribution in [0.25, 0.3) is 0 Å². The van der Waals surface area contributed by atoms with Crippen LogP contribution in [-0.2, 0) is 19.1 Å². The second-order valence-electron chi connectivity index (χ2n) is 5.80. The fourth-order valence-electron chi connectivity index (χ4n) is 2.52. The highest BCUT2D eigenvalue weighted by atomic mass is 32.1. The summed E-state index contributed by atoms with van der Waals surface area (Å²) in [6.07, 6.45) is -2.94. The topological polar surface area (TPSA) is 158 Å². The van der Waals surface area contributed by atoms with Gasteiger partial charge in [-0.3, -0.25) is 4.79 Å². The molecule has 0 fully saturated rings. The first-order chi connectivity index (χ1) is 13.3. The zero-order valence-electron chi connectivity index (χ0n) is 14.8. The fourth-order valence-corrected chi connectivity index (χ4v) is 3.02. The molecule has 0 aromatic carbocycles. The Labute approximate surface area is 164 Å². The minimum Gasteiger partial charge on any atom is -0.478 e. The number of nitrogens with zero attached hydrogens (tertiary/aromatic N) is 1. The Bertz CT molecular complexity index is 770. The number of rotatable bonds is 7. The second kappa shape index (κ2) is 10.2. The third kappa shape index (κ3) is 5.75. The molecular formula is C17H20N2O8S. The standard InChI is InChI=1S/C17H20N2O8S/c1-9(21)19-14-11(26-5-2-3-13-18-4-6-28-13)7-12(17(24)25)27-16(14)15(23)10(22)8-20/h4,6-7,10-11,14-16,20,22-23H,5,8H2,1H3,(H,19,21)(H,24,25)/t10-,11+,14-,15-,16-/m1/s1. The van der Waals surface area contributed by atoms with Crippen molar-refractivity contribution in [3.63, 3.8) is 0 Å². The Kier molecular flexibility index (Phi) is 7.91. The number of aliphatic hydroxyl groups excluding tert-OH is 3. The van der Waals surface area contributed by atoms with Crippen molar-refractivity contribution in [2.24, 2.45) is 0 Å². The van der Waals surface area contributed by atoms with Gasteiger partial charge in [-0.2, -0.15) is 0 Å². The average molecular weight is 412 g/mol. The summed E-state index contributed by atoms with van der Waals surface area (Å²) in [5.41, 5.74) is 0. The second-order valence-corrected chi connectivity index (χ2v) is 6.69. The normalized spacial score (nSPS) is 23.4. The minimum atomic E-state index is -1.68. The Morgan fingerprint density at radius 3 is 2.79 bits per heavy atom. The lowest BCUT2D eigenvalue weighted by Gasteiger charge is -2.39. The molecule has 2 heterocycles. The average Bonchev–Trinajstić information content (AvgIpc) is 3.17. The van der Waals surface area contributed by atoms with Crippen LogP contribution in [0, 0.1) is 11.8 Å². The van der Waals surface area contributed by atoms with Gasteiger partial charge in [0.05, 0.1) is 12.6 Å². The summed E-state index contributed by atoms with van der Waals surface area (Å²) >= 11 is 1.34. The first kappa shape index (κ1) is 21.8. The molecule has 2 rings (SSSR count). The number of carbonyl (C=O) groups excluding carboxylic acids is 1. The van der Waals surface area contributed by atoms with Crippen molar-refractivity contribution in [1.82, 2.24) is 10.3 Å². The Morgan fingerprint density at radius 1 is 1.46 bits per heavy atom. The van der Waals surface area contributed by atoms with Crippen LogP contribution in [0.15, 0.2) is 23.4 Å². The van der Waals surface area contributed by atoms with Crippen LogP contribution in [0.1, 0.15) is 11.9 Å². The van der Waals surface area contributed by atoms with E-state index < -0.39 is 54.7 Å². The molecule has 11 heteroatoms. The van der Waals surface area contributed by atoms with Crippen molar-refractivity contribution < 1.29 is 39.5 Å². The SMILES string of the molecule is CC(=O)N[C@H]1[C@H]([C@H](O)[C@H](O)CO)OC(C(=O)O)=C[C@@H]1OCC#Cc1nccs1. The molecule has 0 unspecified atom stereocenters. The maximum atomic E-state index is 11.6. The van der Waals surface area contributed by atoms with Gasteiger partial charge in [-0.05, 0) is 12.0 Å². The van der Waals surface area contributed by atoms with Gasteiger partial charge in [0.2, 0.25) is 11.7 Å². The molecule has 152 valence electrons. The largest absolute Gasteiger partial charge is 0.478 e. The molecule has 0 radical (unpaired) electrons. The third-order valence-electron chi connectivity index (χ3n) is 3.76. The number of carbonyl (C=O) groups is 2. The summed E-state index contributed by atoms with van der Waals surface area (Å²) in [5.74, 6) is 3.07. The number of aromatic nitrogens is 1. The van der Waals surface area contributed by atoms with Gasteiger partial charge in [0.15, 0.2) is 11.1 Å². The maximum Gasteiger partial charge on any atom is 0.370 e. The molecule has 1 amide bonds. The Balaban J connectivity index is 2.24. The van der Waals surface area contributed by atoms with Gasteiger partial charge in [0.1, 0.15) is 24.9 Å². The maximum absolute atomic E-state index is 11.6. The van der Waals surface area contributed by atoms with E-state index in [1.165, 1.54) is 18.3 Å². The molecule has 1 aromatic heterocycles. The van der Waals surface area contributed by atoms with E-state index in [4.69, 9.17) is 14.6 Å². The first-order valence-electron chi connectivity index (χ1n) is 8.19. The quantitative estimate of drug-likeness (QED) is 0.335. The van der Waals surface area contributed by atoms with Crippen LogP contribution in [0.5, 0.6) is 0 Å².